The van der Waals surface area contributed by atoms with E-state index in [0.29, 0.717) is 5.90 Å². The Bertz CT molecular complexity index is 678. The van der Waals surface area contributed by atoms with Crippen LogP contribution in [0.5, 0.6) is 0 Å². The number of nitrogens with zero attached hydrogens (tertiary/aromatic N) is 1. The van der Waals surface area contributed by atoms with Crippen LogP contribution in [0.3, 0.4) is 0 Å². The standard InChI is InChI=1S/C18H18N2O2/c1-13(21)20-16-9-7-15(8-10-16)18-19-12-11-17(22-18)14-5-3-2-4-6-14/h2-10,17H,11-12H2,1H3,(H,20,21)/t17-/m0/s1. The van der Waals surface area contributed by atoms with E-state index in [-0.39, 0.29) is 12.0 Å². The summed E-state index contributed by atoms with van der Waals surface area (Å²) in [6.07, 6.45) is 0.932. The fraction of sp³-hybridized carbons (Fsp3) is 0.222. The summed E-state index contributed by atoms with van der Waals surface area (Å²) < 4.78 is 6.04. The van der Waals surface area contributed by atoms with Crippen molar-refractivity contribution >= 4 is 17.5 Å². The lowest BCUT2D eigenvalue weighted by Crippen LogP contribution is -2.19. The summed E-state index contributed by atoms with van der Waals surface area (Å²) in [4.78, 5) is 15.5. The normalized spacial score (nSPS) is 17.3. The van der Waals surface area contributed by atoms with Crippen molar-refractivity contribution in [3.63, 3.8) is 0 Å². The van der Waals surface area contributed by atoms with Gasteiger partial charge in [-0.2, -0.15) is 0 Å². The van der Waals surface area contributed by atoms with E-state index >= 15 is 0 Å². The summed E-state index contributed by atoms with van der Waals surface area (Å²) in [5.74, 6) is 0.581. The first-order chi connectivity index (χ1) is 10.7. The van der Waals surface area contributed by atoms with Crippen LogP contribution in [0, 0.1) is 0 Å². The van der Waals surface area contributed by atoms with Gasteiger partial charge in [-0.1, -0.05) is 30.3 Å². The zero-order chi connectivity index (χ0) is 15.4. The number of anilines is 1. The third-order valence-corrected chi connectivity index (χ3v) is 3.52. The lowest BCUT2D eigenvalue weighted by atomic mass is 10.1. The lowest BCUT2D eigenvalue weighted by molar-refractivity contribution is -0.114. The summed E-state index contributed by atoms with van der Waals surface area (Å²) in [5.41, 5.74) is 2.87. The second kappa shape index (κ2) is 6.43. The number of nitrogens with one attached hydrogen (secondary N) is 1. The van der Waals surface area contributed by atoms with Crippen LogP contribution in [-0.4, -0.2) is 18.3 Å². The molecule has 0 saturated carbocycles. The Hall–Kier alpha value is -2.62. The van der Waals surface area contributed by atoms with Crippen molar-refractivity contribution in [2.24, 2.45) is 4.99 Å². The number of ether oxygens (including phenoxy) is 1. The van der Waals surface area contributed by atoms with Gasteiger partial charge in [0.05, 0.1) is 0 Å². The van der Waals surface area contributed by atoms with Crippen LogP contribution in [-0.2, 0) is 9.53 Å². The van der Waals surface area contributed by atoms with Crippen LogP contribution in [0.4, 0.5) is 5.69 Å². The van der Waals surface area contributed by atoms with Gasteiger partial charge in [-0.15, -0.1) is 0 Å². The predicted molar refractivity (Wildman–Crippen MR) is 87.0 cm³/mol. The molecule has 22 heavy (non-hydrogen) atoms. The highest BCUT2D eigenvalue weighted by Crippen LogP contribution is 2.26. The summed E-state index contributed by atoms with van der Waals surface area (Å²) in [7, 11) is 0. The minimum absolute atomic E-state index is 0.0451. The van der Waals surface area contributed by atoms with Crippen molar-refractivity contribution in [1.29, 1.82) is 0 Å². The predicted octanol–water partition coefficient (Wildman–Crippen LogP) is 3.55. The van der Waals surface area contributed by atoms with E-state index in [1.165, 1.54) is 12.5 Å². The van der Waals surface area contributed by atoms with Crippen molar-refractivity contribution in [1.82, 2.24) is 0 Å². The molecule has 4 heteroatoms. The van der Waals surface area contributed by atoms with E-state index in [2.05, 4.69) is 22.4 Å². The molecule has 112 valence electrons. The highest BCUT2D eigenvalue weighted by Gasteiger charge is 2.20. The van der Waals surface area contributed by atoms with Gasteiger partial charge in [-0.25, -0.2) is 0 Å². The maximum atomic E-state index is 11.0. The van der Waals surface area contributed by atoms with Gasteiger partial charge in [-0.05, 0) is 29.8 Å². The lowest BCUT2D eigenvalue weighted by Gasteiger charge is -2.24. The molecular formula is C18H18N2O2. The number of benzene rings is 2. The topological polar surface area (TPSA) is 50.7 Å². The molecule has 1 heterocycles. The third-order valence-electron chi connectivity index (χ3n) is 3.52. The van der Waals surface area contributed by atoms with Crippen LogP contribution in [0.25, 0.3) is 0 Å². The molecule has 0 saturated heterocycles. The zero-order valence-electron chi connectivity index (χ0n) is 12.5. The average Bonchev–Trinajstić information content (AvgIpc) is 2.56. The number of hydrogen-bond acceptors (Lipinski definition) is 3. The van der Waals surface area contributed by atoms with E-state index in [9.17, 15) is 4.79 Å². The van der Waals surface area contributed by atoms with E-state index in [1.54, 1.807) is 0 Å². The largest absolute Gasteiger partial charge is 0.469 e. The van der Waals surface area contributed by atoms with Crippen molar-refractivity contribution < 1.29 is 9.53 Å². The molecule has 4 nitrogen and oxygen atoms in total. The fourth-order valence-electron chi connectivity index (χ4n) is 2.48. The summed E-state index contributed by atoms with van der Waals surface area (Å²) >= 11 is 0. The third kappa shape index (κ3) is 3.34. The summed E-state index contributed by atoms with van der Waals surface area (Å²) in [5, 5.41) is 2.75. The van der Waals surface area contributed by atoms with Crippen molar-refractivity contribution in [2.75, 3.05) is 11.9 Å². The molecule has 1 amide bonds. The SMILES string of the molecule is CC(=O)Nc1ccc(C2=NCC[C@@H](c3ccccc3)O2)cc1. The first kappa shape index (κ1) is 14.3. The van der Waals surface area contributed by atoms with E-state index in [0.717, 1.165) is 24.2 Å². The fourth-order valence-corrected chi connectivity index (χ4v) is 2.48. The van der Waals surface area contributed by atoms with Crippen molar-refractivity contribution in [3.05, 3.63) is 65.7 Å². The molecule has 0 bridgehead atoms. The van der Waals surface area contributed by atoms with E-state index in [4.69, 9.17) is 4.74 Å². The minimum Gasteiger partial charge on any atom is -0.469 e. The Balaban J connectivity index is 1.74. The Morgan fingerprint density at radius 1 is 1.14 bits per heavy atom. The second-order valence-corrected chi connectivity index (χ2v) is 5.25. The summed E-state index contributed by atoms with van der Waals surface area (Å²) in [6.45, 7) is 2.25. The first-order valence-electron chi connectivity index (χ1n) is 7.36. The number of carbonyl (C=O) groups excluding carboxylic acids is 1. The van der Waals surface area contributed by atoms with Gasteiger partial charge in [0.1, 0.15) is 6.10 Å². The summed E-state index contributed by atoms with van der Waals surface area (Å²) in [6, 6.07) is 17.7. The Kier molecular flexibility index (Phi) is 4.19. The molecule has 1 N–H and O–H groups in total. The molecule has 0 spiro atoms. The van der Waals surface area contributed by atoms with Gasteiger partial charge in [0.15, 0.2) is 0 Å². The average molecular weight is 294 g/mol. The Morgan fingerprint density at radius 2 is 1.86 bits per heavy atom. The van der Waals surface area contributed by atoms with Crippen LogP contribution >= 0.6 is 0 Å². The Morgan fingerprint density at radius 3 is 2.55 bits per heavy atom. The van der Waals surface area contributed by atoms with Gasteiger partial charge in [0.2, 0.25) is 11.8 Å². The molecule has 3 rings (SSSR count). The molecule has 0 unspecified atom stereocenters. The maximum Gasteiger partial charge on any atom is 0.221 e. The molecule has 0 aliphatic carbocycles. The molecule has 0 aromatic heterocycles. The first-order valence-corrected chi connectivity index (χ1v) is 7.36. The van der Waals surface area contributed by atoms with Gasteiger partial charge < -0.3 is 10.1 Å². The molecule has 1 aliphatic rings. The van der Waals surface area contributed by atoms with E-state index < -0.39 is 0 Å². The van der Waals surface area contributed by atoms with Gasteiger partial charge in [-0.3, -0.25) is 9.79 Å². The monoisotopic (exact) mass is 294 g/mol. The number of amides is 1. The number of hydrogen-bond donors (Lipinski definition) is 1. The molecule has 0 radical (unpaired) electrons. The minimum atomic E-state index is -0.0804. The highest BCUT2D eigenvalue weighted by molar-refractivity contribution is 5.95. The highest BCUT2D eigenvalue weighted by atomic mass is 16.5. The van der Waals surface area contributed by atoms with E-state index in [1.807, 2.05) is 42.5 Å². The van der Waals surface area contributed by atoms with Crippen LogP contribution in [0.1, 0.15) is 30.6 Å². The molecule has 1 atom stereocenters. The molecule has 2 aromatic rings. The van der Waals surface area contributed by atoms with Gasteiger partial charge in [0, 0.05) is 31.1 Å². The Labute approximate surface area is 129 Å². The second-order valence-electron chi connectivity index (χ2n) is 5.25. The molecule has 1 aliphatic heterocycles. The molecule has 2 aromatic carbocycles. The van der Waals surface area contributed by atoms with Gasteiger partial charge >= 0.3 is 0 Å². The van der Waals surface area contributed by atoms with Crippen molar-refractivity contribution in [3.8, 4) is 0 Å². The molecular weight excluding hydrogens is 276 g/mol. The number of aliphatic imine (C=N–C) groups is 1. The molecule has 0 fully saturated rings. The van der Waals surface area contributed by atoms with Gasteiger partial charge in [0.25, 0.3) is 0 Å². The van der Waals surface area contributed by atoms with Crippen molar-refractivity contribution in [2.45, 2.75) is 19.4 Å². The van der Waals surface area contributed by atoms with Crippen LogP contribution < -0.4 is 5.32 Å². The smallest absolute Gasteiger partial charge is 0.221 e. The van der Waals surface area contributed by atoms with Crippen LogP contribution in [0.15, 0.2) is 59.6 Å². The maximum absolute atomic E-state index is 11.0. The number of carbonyl (C=O) groups is 1. The quantitative estimate of drug-likeness (QED) is 0.941. The zero-order valence-corrected chi connectivity index (χ0v) is 12.5. The van der Waals surface area contributed by atoms with Crippen LogP contribution in [0.2, 0.25) is 0 Å². The number of rotatable bonds is 3.